The fourth-order valence-electron chi connectivity index (χ4n) is 1.82. The Balaban J connectivity index is 2.24. The molecule has 114 valence electrons. The summed E-state index contributed by atoms with van der Waals surface area (Å²) in [7, 11) is 0. The van der Waals surface area contributed by atoms with E-state index in [1.807, 2.05) is 12.1 Å². The van der Waals surface area contributed by atoms with Crippen molar-refractivity contribution in [3.63, 3.8) is 0 Å². The quantitative estimate of drug-likeness (QED) is 0.587. The van der Waals surface area contributed by atoms with Gasteiger partial charge in [-0.3, -0.25) is 4.90 Å². The van der Waals surface area contributed by atoms with Crippen molar-refractivity contribution in [2.75, 3.05) is 39.5 Å². The van der Waals surface area contributed by atoms with Crippen LogP contribution in [-0.2, 0) is 11.3 Å². The van der Waals surface area contributed by atoms with Crippen LogP contribution in [0.2, 0.25) is 5.02 Å². The summed E-state index contributed by atoms with van der Waals surface area (Å²) >= 11 is 5.79. The third-order valence-electron chi connectivity index (χ3n) is 2.79. The maximum Gasteiger partial charge on any atom is 0.0900 e. The zero-order valence-corrected chi connectivity index (χ0v) is 12.2. The van der Waals surface area contributed by atoms with Gasteiger partial charge in [-0.1, -0.05) is 23.7 Å². The second-order valence-electron chi connectivity index (χ2n) is 4.54. The van der Waals surface area contributed by atoms with E-state index in [-0.39, 0.29) is 19.8 Å². The lowest BCUT2D eigenvalue weighted by Gasteiger charge is -2.23. The van der Waals surface area contributed by atoms with Gasteiger partial charge in [0.2, 0.25) is 0 Å². The zero-order valence-electron chi connectivity index (χ0n) is 11.4. The molecule has 0 unspecified atom stereocenters. The molecule has 1 rings (SSSR count). The van der Waals surface area contributed by atoms with Crippen LogP contribution in [0, 0.1) is 0 Å². The van der Waals surface area contributed by atoms with Gasteiger partial charge in [-0.05, 0) is 17.7 Å². The second-order valence-corrected chi connectivity index (χ2v) is 4.98. The molecule has 0 aliphatic rings. The van der Waals surface area contributed by atoms with Gasteiger partial charge in [-0.25, -0.2) is 0 Å². The standard InChI is InChI=1S/C14H22ClNO4/c15-13-3-1-12(2-4-13)10-20-11-14(19)9-16(5-7-17)6-8-18/h1-4,14,17-19H,5-11H2/t14-/m1/s1. The summed E-state index contributed by atoms with van der Waals surface area (Å²) in [5.41, 5.74) is 0.990. The summed E-state index contributed by atoms with van der Waals surface area (Å²) in [6.45, 7) is 1.83. The summed E-state index contributed by atoms with van der Waals surface area (Å²) in [6, 6.07) is 7.33. The van der Waals surface area contributed by atoms with Gasteiger partial charge < -0.3 is 20.1 Å². The van der Waals surface area contributed by atoms with Gasteiger partial charge in [0.1, 0.15) is 0 Å². The molecule has 0 aliphatic heterocycles. The van der Waals surface area contributed by atoms with Crippen molar-refractivity contribution < 1.29 is 20.1 Å². The van der Waals surface area contributed by atoms with E-state index in [1.54, 1.807) is 17.0 Å². The van der Waals surface area contributed by atoms with Gasteiger partial charge in [-0.2, -0.15) is 0 Å². The van der Waals surface area contributed by atoms with E-state index in [2.05, 4.69) is 0 Å². The van der Waals surface area contributed by atoms with Crippen molar-refractivity contribution in [2.45, 2.75) is 12.7 Å². The molecule has 3 N–H and O–H groups in total. The molecular formula is C14H22ClNO4. The van der Waals surface area contributed by atoms with E-state index in [4.69, 9.17) is 26.6 Å². The minimum absolute atomic E-state index is 0.00164. The monoisotopic (exact) mass is 303 g/mol. The molecule has 1 aromatic carbocycles. The third-order valence-corrected chi connectivity index (χ3v) is 3.05. The van der Waals surface area contributed by atoms with Crippen LogP contribution in [-0.4, -0.2) is 65.8 Å². The first kappa shape index (κ1) is 17.4. The molecule has 6 heteroatoms. The molecule has 1 atom stereocenters. The molecule has 20 heavy (non-hydrogen) atoms. The number of hydrogen-bond donors (Lipinski definition) is 3. The lowest BCUT2D eigenvalue weighted by atomic mass is 10.2. The fourth-order valence-corrected chi connectivity index (χ4v) is 1.95. The summed E-state index contributed by atoms with van der Waals surface area (Å²) in [5, 5.41) is 28.3. The van der Waals surface area contributed by atoms with Crippen LogP contribution >= 0.6 is 11.6 Å². The smallest absolute Gasteiger partial charge is 0.0900 e. The van der Waals surface area contributed by atoms with Crippen LogP contribution in [0.15, 0.2) is 24.3 Å². The van der Waals surface area contributed by atoms with E-state index in [9.17, 15) is 5.11 Å². The lowest BCUT2D eigenvalue weighted by molar-refractivity contribution is 0.00524. The van der Waals surface area contributed by atoms with Gasteiger partial charge in [0.05, 0.1) is 32.5 Å². The maximum absolute atomic E-state index is 9.84. The number of nitrogens with zero attached hydrogens (tertiary/aromatic N) is 1. The maximum atomic E-state index is 9.84. The van der Waals surface area contributed by atoms with Crippen LogP contribution in [0.25, 0.3) is 0 Å². The van der Waals surface area contributed by atoms with Crippen LogP contribution < -0.4 is 0 Å². The molecule has 0 fully saturated rings. The molecule has 1 aromatic rings. The van der Waals surface area contributed by atoms with Crippen LogP contribution in [0.4, 0.5) is 0 Å². The number of hydrogen-bond acceptors (Lipinski definition) is 5. The highest BCUT2D eigenvalue weighted by atomic mass is 35.5. The van der Waals surface area contributed by atoms with E-state index >= 15 is 0 Å². The third kappa shape index (κ3) is 7.19. The average molecular weight is 304 g/mol. The largest absolute Gasteiger partial charge is 0.395 e. The van der Waals surface area contributed by atoms with Gasteiger partial charge in [0, 0.05) is 24.7 Å². The molecule has 0 saturated carbocycles. The molecule has 0 amide bonds. The highest BCUT2D eigenvalue weighted by molar-refractivity contribution is 6.30. The summed E-state index contributed by atoms with van der Waals surface area (Å²) < 4.78 is 5.43. The average Bonchev–Trinajstić information content (AvgIpc) is 2.41. The van der Waals surface area contributed by atoms with Crippen LogP contribution in [0.1, 0.15) is 5.56 Å². The highest BCUT2D eigenvalue weighted by Gasteiger charge is 2.11. The van der Waals surface area contributed by atoms with Gasteiger partial charge in [-0.15, -0.1) is 0 Å². The van der Waals surface area contributed by atoms with Gasteiger partial charge >= 0.3 is 0 Å². The van der Waals surface area contributed by atoms with Gasteiger partial charge in [0.25, 0.3) is 0 Å². The second kappa shape index (κ2) is 10.1. The number of halogens is 1. The molecule has 0 radical (unpaired) electrons. The fraction of sp³-hybridized carbons (Fsp3) is 0.571. The highest BCUT2D eigenvalue weighted by Crippen LogP contribution is 2.10. The summed E-state index contributed by atoms with van der Waals surface area (Å²) in [5.74, 6) is 0. The van der Waals surface area contributed by atoms with Crippen molar-refractivity contribution in [1.29, 1.82) is 0 Å². The number of benzene rings is 1. The lowest BCUT2D eigenvalue weighted by Crippen LogP contribution is -2.38. The molecule has 0 aromatic heterocycles. The number of aliphatic hydroxyl groups is 3. The Morgan fingerprint density at radius 3 is 2.25 bits per heavy atom. The first-order valence-electron chi connectivity index (χ1n) is 6.60. The Hall–Kier alpha value is -0.690. The van der Waals surface area contributed by atoms with Crippen LogP contribution in [0.5, 0.6) is 0 Å². The van der Waals surface area contributed by atoms with Crippen LogP contribution in [0.3, 0.4) is 0 Å². The first-order chi connectivity index (χ1) is 9.65. The number of rotatable bonds is 10. The van der Waals surface area contributed by atoms with Crippen molar-refractivity contribution in [1.82, 2.24) is 4.90 Å². The van der Waals surface area contributed by atoms with E-state index < -0.39 is 6.10 Å². The van der Waals surface area contributed by atoms with Crippen molar-refractivity contribution in [3.8, 4) is 0 Å². The topological polar surface area (TPSA) is 73.2 Å². The van der Waals surface area contributed by atoms with E-state index in [0.717, 1.165) is 5.56 Å². The Bertz CT molecular complexity index is 355. The molecule has 0 spiro atoms. The molecule has 5 nitrogen and oxygen atoms in total. The van der Waals surface area contributed by atoms with Gasteiger partial charge in [0.15, 0.2) is 0 Å². The van der Waals surface area contributed by atoms with Crippen molar-refractivity contribution >= 4 is 11.6 Å². The molecular weight excluding hydrogens is 282 g/mol. The predicted octanol–water partition coefficient (Wildman–Crippen LogP) is 0.504. The number of aliphatic hydroxyl groups excluding tert-OH is 3. The molecule has 0 aliphatic carbocycles. The van der Waals surface area contributed by atoms with Crippen molar-refractivity contribution in [2.24, 2.45) is 0 Å². The Morgan fingerprint density at radius 2 is 1.70 bits per heavy atom. The van der Waals surface area contributed by atoms with E-state index in [0.29, 0.717) is 31.3 Å². The zero-order chi connectivity index (χ0) is 14.8. The molecule has 0 bridgehead atoms. The minimum Gasteiger partial charge on any atom is -0.395 e. The predicted molar refractivity (Wildman–Crippen MR) is 77.7 cm³/mol. The first-order valence-corrected chi connectivity index (χ1v) is 6.98. The SMILES string of the molecule is OCCN(CCO)C[C@@H](O)COCc1ccc(Cl)cc1. The minimum atomic E-state index is -0.652. The Labute approximate surface area is 124 Å². The summed E-state index contributed by atoms with van der Waals surface area (Å²) in [6.07, 6.45) is -0.652. The Morgan fingerprint density at radius 1 is 1.10 bits per heavy atom. The molecule has 0 saturated heterocycles. The number of ether oxygens (including phenoxy) is 1. The Kier molecular flexibility index (Phi) is 8.77. The van der Waals surface area contributed by atoms with Crippen molar-refractivity contribution in [3.05, 3.63) is 34.9 Å². The normalized spacial score (nSPS) is 12.8. The van der Waals surface area contributed by atoms with E-state index in [1.165, 1.54) is 0 Å². The summed E-state index contributed by atoms with van der Waals surface area (Å²) in [4.78, 5) is 1.79. The molecule has 0 heterocycles.